The Morgan fingerprint density at radius 2 is 1.85 bits per heavy atom. The van der Waals surface area contributed by atoms with Gasteiger partial charge in [0.2, 0.25) is 0 Å². The Morgan fingerprint density at radius 3 is 2.35 bits per heavy atom. The summed E-state index contributed by atoms with van der Waals surface area (Å²) in [6.07, 6.45) is -0.812. The first-order chi connectivity index (χ1) is 9.62. The molecule has 0 spiro atoms. The molecule has 20 heavy (non-hydrogen) atoms. The van der Waals surface area contributed by atoms with Crippen LogP contribution in [0.25, 0.3) is 0 Å². The van der Waals surface area contributed by atoms with Crippen molar-refractivity contribution in [3.05, 3.63) is 35.4 Å². The maximum Gasteiger partial charge on any atom is 0.309 e. The molecular formula is C12H16N2O6. The summed E-state index contributed by atoms with van der Waals surface area (Å²) in [4.78, 5) is 30.5. The first-order valence-electron chi connectivity index (χ1n) is 5.77. The third-order valence-electron chi connectivity index (χ3n) is 2.59. The van der Waals surface area contributed by atoms with Crippen LogP contribution < -0.4 is 10.6 Å². The van der Waals surface area contributed by atoms with Crippen molar-refractivity contribution in [1.29, 1.82) is 0 Å². The summed E-state index contributed by atoms with van der Waals surface area (Å²) in [6.45, 7) is -0.0308. The van der Waals surface area contributed by atoms with Gasteiger partial charge in [-0.15, -0.1) is 0 Å². The van der Waals surface area contributed by atoms with Crippen molar-refractivity contribution in [3.63, 3.8) is 0 Å². The van der Waals surface area contributed by atoms with Crippen LogP contribution in [0, 0.1) is 0 Å². The number of amides is 2. The first-order valence-corrected chi connectivity index (χ1v) is 5.77. The van der Waals surface area contributed by atoms with E-state index in [0.717, 1.165) is 5.56 Å². The summed E-state index contributed by atoms with van der Waals surface area (Å²) in [5, 5.41) is 21.7. The van der Waals surface area contributed by atoms with E-state index < -0.39 is 17.9 Å². The second-order valence-electron chi connectivity index (χ2n) is 3.90. The molecule has 1 aromatic rings. The maximum absolute atomic E-state index is 11.3. The molecule has 0 radical (unpaired) electrons. The quantitative estimate of drug-likeness (QED) is 0.333. The van der Waals surface area contributed by atoms with Crippen molar-refractivity contribution in [2.45, 2.75) is 12.7 Å². The lowest BCUT2D eigenvalue weighted by molar-refractivity contribution is -0.280. The van der Waals surface area contributed by atoms with Crippen LogP contribution in [0.4, 0.5) is 0 Å². The predicted octanol–water partition coefficient (Wildman–Crippen LogP) is 0.0691. The molecule has 1 unspecified atom stereocenters. The molecule has 0 heterocycles. The highest BCUT2D eigenvalue weighted by Crippen LogP contribution is 2.16. The van der Waals surface area contributed by atoms with Crippen LogP contribution in [-0.4, -0.2) is 35.9 Å². The minimum absolute atomic E-state index is 0.0400. The van der Waals surface area contributed by atoms with Crippen LogP contribution in [0.1, 0.15) is 17.2 Å². The van der Waals surface area contributed by atoms with Crippen molar-refractivity contribution in [1.82, 2.24) is 10.6 Å². The van der Waals surface area contributed by atoms with Gasteiger partial charge in [-0.05, 0) is 11.1 Å². The molecule has 4 N–H and O–H groups in total. The second-order valence-corrected chi connectivity index (χ2v) is 3.90. The topological polar surface area (TPSA) is 117 Å². The number of benzene rings is 1. The van der Waals surface area contributed by atoms with Gasteiger partial charge in [0.05, 0.1) is 6.54 Å². The number of hydrogen-bond donors (Lipinski definition) is 4. The molecule has 0 aliphatic carbocycles. The number of rotatable bonds is 6. The third kappa shape index (κ3) is 4.59. The van der Waals surface area contributed by atoms with Crippen molar-refractivity contribution < 1.29 is 29.9 Å². The molecule has 0 saturated carbocycles. The zero-order valence-corrected chi connectivity index (χ0v) is 10.8. The van der Waals surface area contributed by atoms with Gasteiger partial charge in [0.15, 0.2) is 0 Å². The summed E-state index contributed by atoms with van der Waals surface area (Å²) in [6, 6.07) is 6.61. The first kappa shape index (κ1) is 16.1. The predicted molar refractivity (Wildman–Crippen MR) is 67.4 cm³/mol. The van der Waals surface area contributed by atoms with Gasteiger partial charge in [-0.2, -0.15) is 0 Å². The Bertz CT molecular complexity index is 448. The Kier molecular flexibility index (Phi) is 6.60. The fraction of sp³-hybridized carbons (Fsp3) is 0.333. The minimum Gasteiger partial charge on any atom is -0.351 e. The average molecular weight is 284 g/mol. The molecule has 2 amide bonds. The normalized spacial score (nSPS) is 11.8. The SMILES string of the molecule is CNC(=O)C(=O)NCC(OO)c1ccc(COO)cc1. The molecule has 0 aliphatic heterocycles. The largest absolute Gasteiger partial charge is 0.351 e. The van der Waals surface area contributed by atoms with Crippen LogP contribution in [-0.2, 0) is 26.0 Å². The third-order valence-corrected chi connectivity index (χ3v) is 2.59. The molecule has 1 rings (SSSR count). The molecule has 1 atom stereocenters. The zero-order valence-electron chi connectivity index (χ0n) is 10.8. The highest BCUT2D eigenvalue weighted by atomic mass is 17.1. The molecule has 0 aliphatic rings. The molecule has 0 aromatic heterocycles. The van der Waals surface area contributed by atoms with Crippen LogP contribution in [0.5, 0.6) is 0 Å². The van der Waals surface area contributed by atoms with Crippen molar-refractivity contribution in [3.8, 4) is 0 Å². The molecule has 1 aromatic carbocycles. The van der Waals surface area contributed by atoms with Gasteiger partial charge in [-0.3, -0.25) is 20.1 Å². The van der Waals surface area contributed by atoms with Crippen molar-refractivity contribution in [2.24, 2.45) is 0 Å². The van der Waals surface area contributed by atoms with Crippen LogP contribution in [0.15, 0.2) is 24.3 Å². The van der Waals surface area contributed by atoms with E-state index in [9.17, 15) is 9.59 Å². The lowest BCUT2D eigenvalue weighted by Crippen LogP contribution is -2.40. The molecule has 0 saturated heterocycles. The van der Waals surface area contributed by atoms with Gasteiger partial charge < -0.3 is 10.6 Å². The van der Waals surface area contributed by atoms with Gasteiger partial charge in [0.25, 0.3) is 0 Å². The van der Waals surface area contributed by atoms with E-state index in [1.165, 1.54) is 7.05 Å². The lowest BCUT2D eigenvalue weighted by atomic mass is 10.1. The Labute approximate surface area is 115 Å². The highest BCUT2D eigenvalue weighted by molar-refractivity contribution is 6.35. The minimum atomic E-state index is -0.820. The van der Waals surface area contributed by atoms with Crippen molar-refractivity contribution >= 4 is 11.8 Å². The molecule has 8 nitrogen and oxygen atoms in total. The summed E-state index contributed by atoms with van der Waals surface area (Å²) >= 11 is 0. The van der Waals surface area contributed by atoms with Crippen LogP contribution >= 0.6 is 0 Å². The van der Waals surface area contributed by atoms with E-state index in [1.54, 1.807) is 24.3 Å². The molecule has 110 valence electrons. The Balaban J connectivity index is 2.61. The Hall–Kier alpha value is -2.00. The fourth-order valence-corrected chi connectivity index (χ4v) is 1.50. The average Bonchev–Trinajstić information content (AvgIpc) is 2.48. The zero-order chi connectivity index (χ0) is 15.0. The van der Waals surface area contributed by atoms with Crippen LogP contribution in [0.3, 0.4) is 0 Å². The fourth-order valence-electron chi connectivity index (χ4n) is 1.50. The van der Waals surface area contributed by atoms with Gasteiger partial charge in [0, 0.05) is 7.05 Å². The summed E-state index contributed by atoms with van der Waals surface area (Å²) < 4.78 is 0. The van der Waals surface area contributed by atoms with Crippen molar-refractivity contribution in [2.75, 3.05) is 13.6 Å². The summed E-state index contributed by atoms with van der Waals surface area (Å²) in [7, 11) is 1.34. The van der Waals surface area contributed by atoms with Crippen LogP contribution in [0.2, 0.25) is 0 Å². The summed E-state index contributed by atoms with van der Waals surface area (Å²) in [5.41, 5.74) is 1.31. The van der Waals surface area contributed by atoms with Gasteiger partial charge in [-0.25, -0.2) is 9.78 Å². The van der Waals surface area contributed by atoms with Gasteiger partial charge in [-0.1, -0.05) is 24.3 Å². The number of likely N-dealkylation sites (N-methyl/N-ethyl adjacent to an activating group) is 1. The van der Waals surface area contributed by atoms with E-state index in [2.05, 4.69) is 20.4 Å². The standard InChI is InChI=1S/C12H16N2O6/c1-13-11(15)12(16)14-6-10(20-18)9-4-2-8(3-5-9)7-19-17/h2-5,10,17-18H,6-7H2,1H3,(H,13,15)(H,14,16). The number of carbonyl (C=O) groups excluding carboxylic acids is 2. The van der Waals surface area contributed by atoms with E-state index in [0.29, 0.717) is 5.56 Å². The monoisotopic (exact) mass is 284 g/mol. The lowest BCUT2D eigenvalue weighted by Gasteiger charge is -2.14. The molecular weight excluding hydrogens is 268 g/mol. The van der Waals surface area contributed by atoms with E-state index in [-0.39, 0.29) is 13.2 Å². The second kappa shape index (κ2) is 8.23. The summed E-state index contributed by atoms with van der Waals surface area (Å²) in [5.74, 6) is -1.60. The maximum atomic E-state index is 11.3. The number of hydrogen-bond acceptors (Lipinski definition) is 6. The molecule has 0 fully saturated rings. The molecule has 0 bridgehead atoms. The van der Waals surface area contributed by atoms with E-state index in [4.69, 9.17) is 10.5 Å². The highest BCUT2D eigenvalue weighted by Gasteiger charge is 2.16. The number of nitrogens with one attached hydrogen (secondary N) is 2. The van der Waals surface area contributed by atoms with E-state index >= 15 is 0 Å². The van der Waals surface area contributed by atoms with E-state index in [1.807, 2.05) is 0 Å². The van der Waals surface area contributed by atoms with Gasteiger partial charge in [0.1, 0.15) is 12.7 Å². The Morgan fingerprint density at radius 1 is 1.20 bits per heavy atom. The number of carbonyl (C=O) groups is 2. The smallest absolute Gasteiger partial charge is 0.309 e. The van der Waals surface area contributed by atoms with Gasteiger partial charge >= 0.3 is 11.8 Å². The molecule has 8 heteroatoms.